The first-order valence-electron chi connectivity index (χ1n) is 5.50. The van der Waals surface area contributed by atoms with E-state index >= 15 is 0 Å². The van der Waals surface area contributed by atoms with Gasteiger partial charge in [0, 0.05) is 0 Å². The fourth-order valence-electron chi connectivity index (χ4n) is 1.96. The molecule has 1 rings (SSSR count). The summed E-state index contributed by atoms with van der Waals surface area (Å²) in [6, 6.07) is 0.102. The van der Waals surface area contributed by atoms with Crippen molar-refractivity contribution in [3.63, 3.8) is 0 Å². The number of hydrogen-bond acceptors (Lipinski definition) is 2. The van der Waals surface area contributed by atoms with E-state index in [9.17, 15) is 4.79 Å². The van der Waals surface area contributed by atoms with Crippen LogP contribution in [0.15, 0.2) is 0 Å². The van der Waals surface area contributed by atoms with E-state index < -0.39 is 0 Å². The van der Waals surface area contributed by atoms with E-state index in [4.69, 9.17) is 0 Å². The van der Waals surface area contributed by atoms with Gasteiger partial charge in [-0.25, -0.2) is 0 Å². The molecule has 0 aliphatic carbocycles. The number of carbonyl (C=O) groups excluding carboxylic acids is 1. The van der Waals surface area contributed by atoms with Crippen molar-refractivity contribution in [1.82, 2.24) is 4.90 Å². The van der Waals surface area contributed by atoms with E-state index in [2.05, 4.69) is 18.1 Å². The van der Waals surface area contributed by atoms with Gasteiger partial charge in [0.15, 0.2) is 0 Å². The number of unbranched alkanes of at least 4 members (excludes halogenated alkanes) is 2. The third-order valence-electron chi connectivity index (χ3n) is 2.80. The lowest BCUT2D eigenvalue weighted by Crippen LogP contribution is -2.40. The SMILES string of the molecule is CCCCCN1CCCCC1[C]=O. The summed E-state index contributed by atoms with van der Waals surface area (Å²) in [5.74, 6) is 0. The van der Waals surface area contributed by atoms with Crippen LogP contribution in [0.1, 0.15) is 45.4 Å². The molecule has 1 fully saturated rings. The standard InChI is InChI=1S/C11H20NO/c1-2-3-5-8-12-9-6-4-7-11(12)10-13/h11H,2-9H2,1H3. The van der Waals surface area contributed by atoms with Crippen LogP contribution in [-0.4, -0.2) is 30.3 Å². The first kappa shape index (κ1) is 10.7. The van der Waals surface area contributed by atoms with Gasteiger partial charge in [-0.2, -0.15) is 0 Å². The maximum absolute atomic E-state index is 10.6. The Bertz CT molecular complexity index is 147. The monoisotopic (exact) mass is 182 g/mol. The summed E-state index contributed by atoms with van der Waals surface area (Å²) in [6.45, 7) is 4.40. The number of rotatable bonds is 5. The lowest BCUT2D eigenvalue weighted by molar-refractivity contribution is 0.185. The van der Waals surface area contributed by atoms with Crippen LogP contribution in [-0.2, 0) is 4.79 Å². The summed E-state index contributed by atoms with van der Waals surface area (Å²) in [5.41, 5.74) is 0. The molecule has 0 spiro atoms. The molecule has 1 saturated heterocycles. The second-order valence-electron chi connectivity index (χ2n) is 3.87. The molecule has 13 heavy (non-hydrogen) atoms. The molecule has 1 radical (unpaired) electrons. The fraction of sp³-hybridized carbons (Fsp3) is 0.909. The van der Waals surface area contributed by atoms with E-state index in [1.165, 1.54) is 32.1 Å². The Morgan fingerprint density at radius 3 is 2.92 bits per heavy atom. The lowest BCUT2D eigenvalue weighted by Gasteiger charge is -2.31. The fourth-order valence-corrected chi connectivity index (χ4v) is 1.96. The third kappa shape index (κ3) is 3.47. The highest BCUT2D eigenvalue weighted by Gasteiger charge is 2.21. The van der Waals surface area contributed by atoms with Crippen LogP contribution < -0.4 is 0 Å². The molecule has 1 unspecified atom stereocenters. The van der Waals surface area contributed by atoms with Crippen LogP contribution in [0, 0.1) is 0 Å². The lowest BCUT2D eigenvalue weighted by atomic mass is 10.0. The number of piperidine rings is 1. The summed E-state index contributed by atoms with van der Waals surface area (Å²) < 4.78 is 0. The van der Waals surface area contributed by atoms with Crippen molar-refractivity contribution in [2.24, 2.45) is 0 Å². The van der Waals surface area contributed by atoms with E-state index in [1.54, 1.807) is 0 Å². The van der Waals surface area contributed by atoms with E-state index in [0.717, 1.165) is 19.5 Å². The molecule has 0 aromatic heterocycles. The molecular formula is C11H20NO. The van der Waals surface area contributed by atoms with Gasteiger partial charge in [0.05, 0.1) is 6.04 Å². The minimum absolute atomic E-state index is 0.102. The summed E-state index contributed by atoms with van der Waals surface area (Å²) in [4.78, 5) is 12.9. The molecule has 2 nitrogen and oxygen atoms in total. The second-order valence-corrected chi connectivity index (χ2v) is 3.87. The van der Waals surface area contributed by atoms with Gasteiger partial charge in [-0.05, 0) is 32.4 Å². The van der Waals surface area contributed by atoms with E-state index in [1.807, 2.05) is 0 Å². The molecule has 0 bridgehead atoms. The summed E-state index contributed by atoms with van der Waals surface area (Å²) in [5, 5.41) is 0. The molecule has 0 saturated carbocycles. The predicted molar refractivity (Wildman–Crippen MR) is 54.4 cm³/mol. The van der Waals surface area contributed by atoms with Crippen LogP contribution >= 0.6 is 0 Å². The molecular weight excluding hydrogens is 162 g/mol. The smallest absolute Gasteiger partial charge is 0.217 e. The second kappa shape index (κ2) is 6.14. The topological polar surface area (TPSA) is 20.3 Å². The van der Waals surface area contributed by atoms with Crippen molar-refractivity contribution >= 4 is 6.29 Å². The highest BCUT2D eigenvalue weighted by Crippen LogP contribution is 2.15. The van der Waals surface area contributed by atoms with Gasteiger partial charge >= 0.3 is 0 Å². The zero-order valence-electron chi connectivity index (χ0n) is 8.59. The van der Waals surface area contributed by atoms with Crippen LogP contribution in [0.3, 0.4) is 0 Å². The zero-order valence-corrected chi connectivity index (χ0v) is 8.59. The number of likely N-dealkylation sites (tertiary alicyclic amines) is 1. The van der Waals surface area contributed by atoms with Crippen molar-refractivity contribution < 1.29 is 4.79 Å². The predicted octanol–water partition coefficient (Wildman–Crippen LogP) is 2.14. The van der Waals surface area contributed by atoms with E-state index in [0.29, 0.717) is 0 Å². The number of hydrogen-bond donors (Lipinski definition) is 0. The Hall–Kier alpha value is -0.370. The van der Waals surface area contributed by atoms with Crippen LogP contribution in [0.2, 0.25) is 0 Å². The molecule has 1 heterocycles. The van der Waals surface area contributed by atoms with Crippen molar-refractivity contribution in [3.05, 3.63) is 0 Å². The average molecular weight is 182 g/mol. The largest absolute Gasteiger partial charge is 0.293 e. The minimum Gasteiger partial charge on any atom is -0.293 e. The Balaban J connectivity index is 2.23. The molecule has 0 aromatic carbocycles. The van der Waals surface area contributed by atoms with Crippen molar-refractivity contribution in [2.75, 3.05) is 13.1 Å². The average Bonchev–Trinajstić information content (AvgIpc) is 2.19. The van der Waals surface area contributed by atoms with Crippen LogP contribution in [0.5, 0.6) is 0 Å². The Morgan fingerprint density at radius 2 is 2.23 bits per heavy atom. The highest BCUT2D eigenvalue weighted by atomic mass is 16.1. The third-order valence-corrected chi connectivity index (χ3v) is 2.80. The Morgan fingerprint density at radius 1 is 1.38 bits per heavy atom. The van der Waals surface area contributed by atoms with E-state index in [-0.39, 0.29) is 6.04 Å². The molecule has 0 amide bonds. The van der Waals surface area contributed by atoms with Gasteiger partial charge in [-0.15, -0.1) is 0 Å². The van der Waals surface area contributed by atoms with Crippen molar-refractivity contribution in [3.8, 4) is 0 Å². The summed E-state index contributed by atoms with van der Waals surface area (Å²) in [7, 11) is 0. The minimum atomic E-state index is 0.102. The maximum Gasteiger partial charge on any atom is 0.217 e. The molecule has 75 valence electrons. The molecule has 0 aromatic rings. The van der Waals surface area contributed by atoms with Gasteiger partial charge in [0.2, 0.25) is 6.29 Å². The van der Waals surface area contributed by atoms with Crippen molar-refractivity contribution in [2.45, 2.75) is 51.5 Å². The Labute approximate surface area is 81.3 Å². The molecule has 1 atom stereocenters. The maximum atomic E-state index is 10.6. The van der Waals surface area contributed by atoms with Gasteiger partial charge in [-0.3, -0.25) is 9.69 Å². The zero-order chi connectivity index (χ0) is 9.52. The van der Waals surface area contributed by atoms with Crippen LogP contribution in [0.4, 0.5) is 0 Å². The van der Waals surface area contributed by atoms with Gasteiger partial charge in [0.25, 0.3) is 0 Å². The molecule has 1 aliphatic rings. The van der Waals surface area contributed by atoms with Gasteiger partial charge < -0.3 is 0 Å². The van der Waals surface area contributed by atoms with Gasteiger partial charge in [0.1, 0.15) is 0 Å². The Kier molecular flexibility index (Phi) is 5.06. The number of nitrogens with zero attached hydrogens (tertiary/aromatic N) is 1. The van der Waals surface area contributed by atoms with Crippen molar-refractivity contribution in [1.29, 1.82) is 0 Å². The van der Waals surface area contributed by atoms with Gasteiger partial charge in [-0.1, -0.05) is 26.2 Å². The quantitative estimate of drug-likeness (QED) is 0.607. The first-order chi connectivity index (χ1) is 6.38. The summed E-state index contributed by atoms with van der Waals surface area (Å²) >= 11 is 0. The first-order valence-corrected chi connectivity index (χ1v) is 5.50. The molecule has 2 heteroatoms. The highest BCUT2D eigenvalue weighted by molar-refractivity contribution is 5.58. The molecule has 1 aliphatic heterocycles. The normalized spacial score (nSPS) is 24.5. The summed E-state index contributed by atoms with van der Waals surface area (Å²) in [6.07, 6.45) is 9.40. The molecule has 0 N–H and O–H groups in total. The van der Waals surface area contributed by atoms with Crippen LogP contribution in [0.25, 0.3) is 0 Å².